The van der Waals surface area contributed by atoms with Gasteiger partial charge in [0.2, 0.25) is 0 Å². The third-order valence-electron chi connectivity index (χ3n) is 15.8. The summed E-state index contributed by atoms with van der Waals surface area (Å²) in [6.45, 7) is -11.8. The lowest BCUT2D eigenvalue weighted by molar-refractivity contribution is -0.131. The number of halogens is 2. The van der Waals surface area contributed by atoms with E-state index in [0.29, 0.717) is 54.7 Å². The molecule has 0 aliphatic heterocycles. The highest BCUT2D eigenvalue weighted by Crippen LogP contribution is 2.29. The van der Waals surface area contributed by atoms with Crippen LogP contribution in [0.2, 0.25) is 0 Å². The van der Waals surface area contributed by atoms with Crippen molar-refractivity contribution in [2.45, 2.75) is 83.5 Å². The van der Waals surface area contributed by atoms with Gasteiger partial charge in [-0.15, -0.1) is 24.8 Å². The van der Waals surface area contributed by atoms with Crippen molar-refractivity contribution >= 4 is 107 Å². The molecule has 2 amide bonds. The molecule has 100 heavy (non-hydrogen) atoms. The number of hydrogen-bond donors (Lipinski definition) is 7. The Morgan fingerprint density at radius 1 is 0.310 bits per heavy atom. The van der Waals surface area contributed by atoms with Gasteiger partial charge in [0.05, 0.1) is 18.9 Å². The number of aliphatic hydroxyl groups excluding tert-OH is 2. The van der Waals surface area contributed by atoms with E-state index in [4.69, 9.17) is 44.6 Å². The Morgan fingerprint density at radius 2 is 0.540 bits per heavy atom. The summed E-state index contributed by atoms with van der Waals surface area (Å²) in [6, 6.07) is 80.6. The van der Waals surface area contributed by atoms with Crippen LogP contribution in [0.4, 0.5) is 0 Å². The van der Waals surface area contributed by atoms with Crippen LogP contribution in [0.1, 0.15) is 160 Å². The number of aliphatic hydroxyl groups is 2. The second-order valence-electron chi connectivity index (χ2n) is 22.3. The molecule has 14 aromatic carbocycles. The first-order valence-corrected chi connectivity index (χ1v) is 31.1. The summed E-state index contributed by atoms with van der Waals surface area (Å²) in [5.41, 5.74) is 19.8. The number of Topliss-reactive ketones (excluding diaryl/α,β-unsaturated/α-hetero) is 1. The molecule has 0 bridgehead atoms. The molecule has 0 saturated heterocycles. The molecule has 0 aromatic heterocycles. The smallest absolute Gasteiger partial charge is 0.253 e. The SMILES string of the molecule is CC(=O)c1cccc2ccccc12.Cl.Cl.[2H]C([2H])([2H])C([2H])(N)c1cccc2ccccc12.[2H]C([2H])([2H])C([2H])(NC(=O)[C@H](O)c1ccccc1)c1cccc2ccccc12.[2H]C([2H])([2H])[C@@]([2H])(N)c1cccc2ccccc12.[2H]C([2H])([2H])[C@@]([2H])(N)c1cccc2ccccc12.[2H]C([2H])([2H])[C@@]([2H])(NC(=O)[C@H](O)c1ccccc1)c1cccc2ccccc12. The lowest BCUT2D eigenvalue weighted by atomic mass is 9.99. The van der Waals surface area contributed by atoms with Crippen LogP contribution in [0.3, 0.4) is 0 Å². The third-order valence-corrected chi connectivity index (χ3v) is 15.8. The fourth-order valence-corrected chi connectivity index (χ4v) is 10.9. The van der Waals surface area contributed by atoms with Crippen molar-refractivity contribution in [2.75, 3.05) is 0 Å². The summed E-state index contributed by atoms with van der Waals surface area (Å²) < 4.78 is 155. The highest BCUT2D eigenvalue weighted by Gasteiger charge is 2.22. The Kier molecular flexibility index (Phi) is 20.1. The molecule has 10 nitrogen and oxygen atoms in total. The molecule has 0 fully saturated rings. The van der Waals surface area contributed by atoms with Gasteiger partial charge in [-0.2, -0.15) is 0 Å². The predicted molar refractivity (Wildman–Crippen MR) is 422 cm³/mol. The van der Waals surface area contributed by atoms with Crippen LogP contribution in [-0.2, 0) is 9.59 Å². The lowest BCUT2D eigenvalue weighted by Gasteiger charge is -2.19. The fourth-order valence-electron chi connectivity index (χ4n) is 10.9. The van der Waals surface area contributed by atoms with Gasteiger partial charge < -0.3 is 38.0 Å². The first-order valence-electron chi connectivity index (χ1n) is 41.1. The molecular formula is C88H89Cl2N5O5. The van der Waals surface area contributed by atoms with Crippen molar-refractivity contribution in [1.29, 1.82) is 0 Å². The van der Waals surface area contributed by atoms with Crippen molar-refractivity contribution in [3.8, 4) is 0 Å². The summed E-state index contributed by atoms with van der Waals surface area (Å²) in [6.07, 6.45) is -3.15. The van der Waals surface area contributed by atoms with E-state index in [2.05, 4.69) is 10.6 Å². The molecule has 0 radical (unpaired) electrons. The number of amides is 2. The maximum atomic E-state index is 12.6. The molecule has 0 aliphatic carbocycles. The summed E-state index contributed by atoms with van der Waals surface area (Å²) >= 11 is 0. The van der Waals surface area contributed by atoms with Gasteiger partial charge in [-0.1, -0.05) is 315 Å². The molecule has 14 aromatic rings. The van der Waals surface area contributed by atoms with E-state index in [1.165, 1.54) is 12.1 Å². The van der Waals surface area contributed by atoms with Gasteiger partial charge in [0.25, 0.3) is 11.8 Å². The van der Waals surface area contributed by atoms with Crippen molar-refractivity contribution in [2.24, 2.45) is 17.2 Å². The number of ketones is 1. The Bertz CT molecular complexity index is 5410. The maximum Gasteiger partial charge on any atom is 0.253 e. The number of rotatable bonds is 12. The molecule has 0 spiro atoms. The topological polar surface area (TPSA) is 194 Å². The van der Waals surface area contributed by atoms with Gasteiger partial charge >= 0.3 is 0 Å². The van der Waals surface area contributed by atoms with E-state index >= 15 is 0 Å². The van der Waals surface area contributed by atoms with Gasteiger partial charge in [0, 0.05) is 44.2 Å². The quantitative estimate of drug-likeness (QED) is 0.0587. The number of hydrogen-bond acceptors (Lipinski definition) is 8. The van der Waals surface area contributed by atoms with E-state index in [1.807, 2.05) is 109 Å². The first-order chi connectivity index (χ1) is 55.3. The number of nitrogens with two attached hydrogens (primary N) is 3. The number of nitrogens with one attached hydrogen (secondary N) is 2. The molecule has 0 saturated carbocycles. The standard InChI is InChI=1S/2C20H19NO2.3C12H13N.C12H10O.2ClH/c2*1-14(17-13-7-11-15-8-5-6-12-18(15)17)21-20(23)19(22)16-9-3-2-4-10-16;4*1-9(13)11-8-4-6-10-5-2-3-7-12(10)11;;/h2*2-14,19,22H,1H3,(H,21,23);3*2-9H,13H2,1H3;2-8H,1H3;2*1H/t14?,19-;14-,19-;2*9-;;;;/m1111..../s1/i2*1D3,14D;3*1D3,9D;;;. The largest absolute Gasteiger partial charge is 0.378 e. The Balaban J connectivity index is 0.000000201. The van der Waals surface area contributed by atoms with Gasteiger partial charge in [-0.3, -0.25) is 14.4 Å². The highest BCUT2D eigenvalue weighted by atomic mass is 35.5. The summed E-state index contributed by atoms with van der Waals surface area (Å²) in [5, 5.41) is 34.7. The zero-order chi connectivity index (χ0) is 86.6. The predicted octanol–water partition coefficient (Wildman–Crippen LogP) is 20.0. The van der Waals surface area contributed by atoms with Crippen molar-refractivity contribution in [3.63, 3.8) is 0 Å². The first kappa shape index (κ1) is 52.7. The van der Waals surface area contributed by atoms with Crippen LogP contribution < -0.4 is 27.8 Å². The van der Waals surface area contributed by atoms with E-state index in [0.717, 1.165) is 43.3 Å². The Hall–Kier alpha value is -10.4. The monoisotopic (exact) mass is 1390 g/mol. The fraction of sp³-hybridized carbons (Fsp3) is 0.148. The minimum absolute atomic E-state index is 0. The van der Waals surface area contributed by atoms with Gasteiger partial charge in [0.1, 0.15) is 0 Å². The second kappa shape index (κ2) is 38.1. The molecule has 7 atom stereocenters. The van der Waals surface area contributed by atoms with Crippen molar-refractivity contribution in [1.82, 2.24) is 10.6 Å². The molecule has 2 unspecified atom stereocenters. The summed E-state index contributed by atoms with van der Waals surface area (Å²) in [7, 11) is 0. The van der Waals surface area contributed by atoms with Crippen LogP contribution in [-0.4, -0.2) is 27.8 Å². The molecular weight excluding hydrogens is 1280 g/mol. The van der Waals surface area contributed by atoms with E-state index in [1.54, 1.807) is 201 Å². The Labute approximate surface area is 627 Å². The van der Waals surface area contributed by atoms with Crippen molar-refractivity contribution < 1.29 is 52.0 Å². The molecule has 0 aliphatic rings. The number of benzene rings is 14. The lowest BCUT2D eigenvalue weighted by Crippen LogP contribution is -2.31. The van der Waals surface area contributed by atoms with E-state index in [-0.39, 0.29) is 41.7 Å². The van der Waals surface area contributed by atoms with Crippen LogP contribution in [0.15, 0.2) is 315 Å². The highest BCUT2D eigenvalue weighted by molar-refractivity contribution is 6.07. The molecule has 510 valence electrons. The van der Waals surface area contributed by atoms with Gasteiger partial charge in [-0.25, -0.2) is 0 Å². The number of carbonyl (C=O) groups is 3. The number of fused-ring (bicyclic) bond motifs is 6. The number of carbonyl (C=O) groups excluding carboxylic acids is 3. The molecule has 12 heteroatoms. The van der Waals surface area contributed by atoms with E-state index < -0.39 is 88.4 Å². The maximum absolute atomic E-state index is 12.6. The van der Waals surface area contributed by atoms with Crippen LogP contribution >= 0.6 is 24.8 Å². The van der Waals surface area contributed by atoms with Crippen LogP contribution in [0.5, 0.6) is 0 Å². The van der Waals surface area contributed by atoms with Gasteiger partial charge in [0.15, 0.2) is 18.0 Å². The average Bonchev–Trinajstić information content (AvgIpc) is 0.774. The average molecular weight is 1390 g/mol. The van der Waals surface area contributed by atoms with E-state index in [9.17, 15) is 24.6 Å². The summed E-state index contributed by atoms with van der Waals surface area (Å²) in [4.78, 5) is 36.4. The molecule has 10 N–H and O–H groups in total. The summed E-state index contributed by atoms with van der Waals surface area (Å²) in [5.74, 6) is -1.77. The Morgan fingerprint density at radius 3 is 0.820 bits per heavy atom. The van der Waals surface area contributed by atoms with Gasteiger partial charge in [-0.05, 0) is 145 Å². The second-order valence-corrected chi connectivity index (χ2v) is 22.3. The minimum Gasteiger partial charge on any atom is -0.378 e. The zero-order valence-corrected chi connectivity index (χ0v) is 56.0. The van der Waals surface area contributed by atoms with Crippen LogP contribution in [0.25, 0.3) is 64.6 Å². The van der Waals surface area contributed by atoms with Crippen LogP contribution in [0, 0.1) is 0 Å². The third kappa shape index (κ3) is 20.4. The molecule has 14 rings (SSSR count). The molecule has 0 heterocycles. The minimum atomic E-state index is -2.86. The normalized spacial score (nSPS) is 17.8. The van der Waals surface area contributed by atoms with Crippen molar-refractivity contribution in [3.05, 3.63) is 360 Å². The zero-order valence-electron chi connectivity index (χ0n) is 74.3.